The minimum atomic E-state index is -0.400. The Morgan fingerprint density at radius 3 is 2.59 bits per heavy atom. The molecule has 1 aromatic carbocycles. The monoisotopic (exact) mass is 303 g/mol. The van der Waals surface area contributed by atoms with Gasteiger partial charge in [0, 0.05) is 0 Å². The lowest BCUT2D eigenvalue weighted by Crippen LogP contribution is -2.13. The van der Waals surface area contributed by atoms with Crippen molar-refractivity contribution in [2.75, 3.05) is 0 Å². The smallest absolute Gasteiger partial charge is 0.141 e. The molecule has 0 unspecified atom stereocenters. The first-order valence-electron chi connectivity index (χ1n) is 8.19. The number of benzene rings is 1. The van der Waals surface area contributed by atoms with Crippen LogP contribution in [0.1, 0.15) is 68.4 Å². The van der Waals surface area contributed by atoms with E-state index in [1.54, 1.807) is 12.1 Å². The molecule has 1 aromatic rings. The van der Waals surface area contributed by atoms with Crippen LogP contribution in [0.15, 0.2) is 30.6 Å². The molecule has 0 atom stereocenters. The van der Waals surface area contributed by atoms with Gasteiger partial charge >= 0.3 is 0 Å². The van der Waals surface area contributed by atoms with E-state index in [0.717, 1.165) is 43.6 Å². The average Bonchev–Trinajstić information content (AvgIpc) is 2.55. The summed E-state index contributed by atoms with van der Waals surface area (Å²) in [5.41, 5.74) is 1.16. The normalized spacial score (nSPS) is 21.9. The molecule has 3 heteroatoms. The number of hydrogen-bond acceptors (Lipinski definition) is 1. The Hall–Kier alpha value is -1.69. The van der Waals surface area contributed by atoms with Crippen LogP contribution in [-0.4, -0.2) is 0 Å². The van der Waals surface area contributed by atoms with Gasteiger partial charge in [-0.25, -0.2) is 8.78 Å². The Bertz CT molecular complexity index is 537. The molecule has 1 saturated carbocycles. The van der Waals surface area contributed by atoms with E-state index in [2.05, 4.69) is 0 Å². The van der Waals surface area contributed by atoms with Crippen LogP contribution in [0.2, 0.25) is 0 Å². The molecule has 0 bridgehead atoms. The van der Waals surface area contributed by atoms with Gasteiger partial charge in [0.25, 0.3) is 0 Å². The van der Waals surface area contributed by atoms with E-state index in [-0.39, 0.29) is 5.56 Å². The highest BCUT2D eigenvalue weighted by molar-refractivity contribution is 5.34. The molecule has 1 aliphatic rings. The van der Waals surface area contributed by atoms with Crippen LogP contribution in [-0.2, 0) is 0 Å². The zero-order valence-corrected chi connectivity index (χ0v) is 12.9. The third-order valence-electron chi connectivity index (χ3n) is 4.75. The number of halogens is 2. The second-order valence-electron chi connectivity index (χ2n) is 6.21. The number of nitriles is 1. The highest BCUT2D eigenvalue weighted by Crippen LogP contribution is 2.38. The molecule has 0 amide bonds. The van der Waals surface area contributed by atoms with Crippen LogP contribution in [0.5, 0.6) is 0 Å². The van der Waals surface area contributed by atoms with Gasteiger partial charge in [0.2, 0.25) is 0 Å². The second-order valence-corrected chi connectivity index (χ2v) is 6.21. The lowest BCUT2D eigenvalue weighted by Gasteiger charge is -2.29. The first-order valence-corrected chi connectivity index (χ1v) is 8.19. The molecule has 0 saturated heterocycles. The molecule has 1 aliphatic carbocycles. The summed E-state index contributed by atoms with van der Waals surface area (Å²) in [6, 6.07) is 6.89. The van der Waals surface area contributed by atoms with Crippen molar-refractivity contribution in [3.8, 4) is 6.07 Å². The minimum absolute atomic E-state index is 0.125. The Morgan fingerprint density at radius 2 is 1.95 bits per heavy atom. The van der Waals surface area contributed by atoms with Gasteiger partial charge < -0.3 is 0 Å². The highest BCUT2D eigenvalue weighted by atomic mass is 19.1. The standard InChI is InChI=1S/C19H23F2N/c20-12-4-2-1-3-5-15-6-8-16(9-7-15)17-10-11-18(14-22)19(21)13-17/h4,10-13,15-16H,1-3,5-9H2/t15-,16-. The molecular weight excluding hydrogens is 280 g/mol. The minimum Gasteiger partial charge on any atom is -0.216 e. The Morgan fingerprint density at radius 1 is 1.18 bits per heavy atom. The van der Waals surface area contributed by atoms with Crippen molar-refractivity contribution in [1.82, 2.24) is 0 Å². The van der Waals surface area contributed by atoms with E-state index in [4.69, 9.17) is 5.26 Å². The van der Waals surface area contributed by atoms with E-state index >= 15 is 0 Å². The van der Waals surface area contributed by atoms with Gasteiger partial charge in [-0.3, -0.25) is 0 Å². The molecule has 0 radical (unpaired) electrons. The summed E-state index contributed by atoms with van der Waals surface area (Å²) < 4.78 is 25.5. The fourth-order valence-electron chi connectivity index (χ4n) is 3.42. The lowest BCUT2D eigenvalue weighted by molar-refractivity contribution is 0.303. The summed E-state index contributed by atoms with van der Waals surface area (Å²) in [6.07, 6.45) is 11.0. The molecule has 1 fully saturated rings. The third-order valence-corrected chi connectivity index (χ3v) is 4.75. The highest BCUT2D eigenvalue weighted by Gasteiger charge is 2.22. The van der Waals surface area contributed by atoms with Crippen LogP contribution in [0, 0.1) is 23.1 Å². The van der Waals surface area contributed by atoms with Gasteiger partial charge in [-0.2, -0.15) is 5.26 Å². The van der Waals surface area contributed by atoms with Crippen molar-refractivity contribution in [3.63, 3.8) is 0 Å². The predicted octanol–water partition coefficient (Wildman–Crippen LogP) is 6.01. The zero-order chi connectivity index (χ0) is 15.8. The van der Waals surface area contributed by atoms with Crippen molar-refractivity contribution >= 4 is 0 Å². The maximum Gasteiger partial charge on any atom is 0.141 e. The number of rotatable bonds is 6. The molecular formula is C19H23F2N. The van der Waals surface area contributed by atoms with E-state index in [1.165, 1.54) is 25.3 Å². The first kappa shape index (κ1) is 16.7. The van der Waals surface area contributed by atoms with Crippen molar-refractivity contribution in [2.24, 2.45) is 5.92 Å². The van der Waals surface area contributed by atoms with E-state index in [1.807, 2.05) is 12.1 Å². The fraction of sp³-hybridized carbons (Fsp3) is 0.526. The fourth-order valence-corrected chi connectivity index (χ4v) is 3.42. The van der Waals surface area contributed by atoms with Crippen LogP contribution in [0.25, 0.3) is 0 Å². The molecule has 0 spiro atoms. The van der Waals surface area contributed by atoms with E-state index in [0.29, 0.717) is 12.2 Å². The Labute approximate surface area is 131 Å². The second kappa shape index (κ2) is 8.68. The van der Waals surface area contributed by atoms with Gasteiger partial charge in [-0.15, -0.1) is 0 Å². The summed E-state index contributed by atoms with van der Waals surface area (Å²) in [5.74, 6) is 0.782. The third kappa shape index (κ3) is 4.66. The lowest BCUT2D eigenvalue weighted by atomic mass is 9.77. The summed E-state index contributed by atoms with van der Waals surface area (Å²) >= 11 is 0. The number of hydrogen-bond donors (Lipinski definition) is 0. The maximum absolute atomic E-state index is 13.7. The number of allylic oxidation sites excluding steroid dienone is 1. The molecule has 0 N–H and O–H groups in total. The summed E-state index contributed by atoms with van der Waals surface area (Å²) in [4.78, 5) is 0. The van der Waals surface area contributed by atoms with Crippen LogP contribution >= 0.6 is 0 Å². The molecule has 1 nitrogen and oxygen atoms in total. The SMILES string of the molecule is N#Cc1ccc([C@H]2CC[C@H](CCCCC=CF)CC2)cc1F. The van der Waals surface area contributed by atoms with Crippen molar-refractivity contribution in [2.45, 2.75) is 57.3 Å². The zero-order valence-electron chi connectivity index (χ0n) is 12.9. The van der Waals surface area contributed by atoms with Gasteiger partial charge in [-0.1, -0.05) is 25.0 Å². The largest absolute Gasteiger partial charge is 0.216 e. The Kier molecular flexibility index (Phi) is 6.58. The summed E-state index contributed by atoms with van der Waals surface area (Å²) in [7, 11) is 0. The topological polar surface area (TPSA) is 23.8 Å². The molecule has 0 heterocycles. The van der Waals surface area contributed by atoms with Crippen molar-refractivity contribution in [3.05, 3.63) is 47.5 Å². The summed E-state index contributed by atoms with van der Waals surface area (Å²) in [5, 5.41) is 8.78. The summed E-state index contributed by atoms with van der Waals surface area (Å²) in [6.45, 7) is 0. The predicted molar refractivity (Wildman–Crippen MR) is 84.5 cm³/mol. The van der Waals surface area contributed by atoms with Crippen LogP contribution < -0.4 is 0 Å². The number of nitrogens with zero attached hydrogens (tertiary/aromatic N) is 1. The van der Waals surface area contributed by atoms with Gasteiger partial charge in [0.05, 0.1) is 11.9 Å². The van der Waals surface area contributed by atoms with Gasteiger partial charge in [0.15, 0.2) is 0 Å². The van der Waals surface area contributed by atoms with Crippen LogP contribution in [0.3, 0.4) is 0 Å². The molecule has 118 valence electrons. The first-order chi connectivity index (χ1) is 10.7. The maximum atomic E-state index is 13.7. The molecule has 0 aromatic heterocycles. The Balaban J connectivity index is 1.77. The molecule has 2 rings (SSSR count). The molecule has 0 aliphatic heterocycles. The van der Waals surface area contributed by atoms with Gasteiger partial charge in [0.1, 0.15) is 11.9 Å². The van der Waals surface area contributed by atoms with E-state index < -0.39 is 5.82 Å². The average molecular weight is 303 g/mol. The van der Waals surface area contributed by atoms with Gasteiger partial charge in [-0.05, 0) is 68.1 Å². The van der Waals surface area contributed by atoms with Crippen molar-refractivity contribution in [1.29, 1.82) is 5.26 Å². The van der Waals surface area contributed by atoms with E-state index in [9.17, 15) is 8.78 Å². The van der Waals surface area contributed by atoms with Crippen molar-refractivity contribution < 1.29 is 8.78 Å². The quantitative estimate of drug-likeness (QED) is 0.590. The molecule has 22 heavy (non-hydrogen) atoms. The van der Waals surface area contributed by atoms with Crippen LogP contribution in [0.4, 0.5) is 8.78 Å². The number of unbranched alkanes of at least 4 members (excludes halogenated alkanes) is 2.